The van der Waals surface area contributed by atoms with E-state index in [9.17, 15) is 14.0 Å². The molecule has 0 aliphatic carbocycles. The van der Waals surface area contributed by atoms with E-state index < -0.39 is 11.9 Å². The van der Waals surface area contributed by atoms with Crippen molar-refractivity contribution >= 4 is 40.7 Å². The van der Waals surface area contributed by atoms with Crippen molar-refractivity contribution in [1.29, 1.82) is 0 Å². The molecule has 0 aromatic heterocycles. The Balaban J connectivity index is 1.81. The molecule has 0 bridgehead atoms. The fourth-order valence-corrected chi connectivity index (χ4v) is 3.48. The summed E-state index contributed by atoms with van der Waals surface area (Å²) in [5.74, 6) is -0.826. The summed E-state index contributed by atoms with van der Waals surface area (Å²) in [6, 6.07) is 7.80. The number of anilines is 1. The van der Waals surface area contributed by atoms with Crippen molar-refractivity contribution in [3.8, 4) is 5.75 Å². The molecule has 8 heteroatoms. The largest absolute Gasteiger partial charge is 0.496 e. The summed E-state index contributed by atoms with van der Waals surface area (Å²) in [6.07, 6.45) is 1.20. The van der Waals surface area contributed by atoms with Crippen molar-refractivity contribution in [3.05, 3.63) is 57.8 Å². The minimum atomic E-state index is -0.665. The van der Waals surface area contributed by atoms with Gasteiger partial charge in [0.25, 0.3) is 5.91 Å². The van der Waals surface area contributed by atoms with Gasteiger partial charge < -0.3 is 15.0 Å². The minimum absolute atomic E-state index is 0.0933. The Labute approximate surface area is 166 Å². The lowest BCUT2D eigenvalue weighted by Gasteiger charge is -2.25. The molecule has 2 aromatic rings. The van der Waals surface area contributed by atoms with Crippen molar-refractivity contribution in [2.75, 3.05) is 19.0 Å². The van der Waals surface area contributed by atoms with E-state index in [1.807, 2.05) is 0 Å². The van der Waals surface area contributed by atoms with Gasteiger partial charge in [-0.05, 0) is 49.2 Å². The third kappa shape index (κ3) is 4.17. The zero-order valence-electron chi connectivity index (χ0n) is 14.5. The van der Waals surface area contributed by atoms with Crippen LogP contribution in [0.5, 0.6) is 5.75 Å². The number of ether oxygens (including phenoxy) is 1. The molecule has 2 amide bonds. The molecule has 1 saturated heterocycles. The number of hydrogen-bond donors (Lipinski definition) is 1. The standard InChI is InChI=1S/C19H17Cl2FN2O3/c1-27-17-7-4-11(20)9-13(17)19(26)24-8-2-3-16(24)18(25)23-15-6-5-12(22)10-14(15)21/h4-7,9-10,16H,2-3,8H2,1H3,(H,23,25)/t16-/m0/s1. The van der Waals surface area contributed by atoms with Gasteiger partial charge in [0.1, 0.15) is 17.6 Å². The zero-order chi connectivity index (χ0) is 19.6. The van der Waals surface area contributed by atoms with Gasteiger partial charge in [-0.15, -0.1) is 0 Å². The number of carbonyl (C=O) groups is 2. The molecule has 0 saturated carbocycles. The van der Waals surface area contributed by atoms with Crippen LogP contribution in [-0.4, -0.2) is 36.4 Å². The van der Waals surface area contributed by atoms with Crippen LogP contribution in [0, 0.1) is 5.82 Å². The summed E-state index contributed by atoms with van der Waals surface area (Å²) in [6.45, 7) is 0.434. The Kier molecular flexibility index (Phi) is 5.87. The molecule has 0 radical (unpaired) electrons. The van der Waals surface area contributed by atoms with Crippen LogP contribution >= 0.6 is 23.2 Å². The van der Waals surface area contributed by atoms with Crippen molar-refractivity contribution in [2.45, 2.75) is 18.9 Å². The summed E-state index contributed by atoms with van der Waals surface area (Å²) < 4.78 is 18.4. The second kappa shape index (κ2) is 8.15. The van der Waals surface area contributed by atoms with E-state index in [0.29, 0.717) is 41.4 Å². The van der Waals surface area contributed by atoms with Gasteiger partial charge in [-0.25, -0.2) is 4.39 Å². The average Bonchev–Trinajstić information content (AvgIpc) is 3.13. The molecule has 1 N–H and O–H groups in total. The van der Waals surface area contributed by atoms with Crippen LogP contribution in [0.3, 0.4) is 0 Å². The monoisotopic (exact) mass is 410 g/mol. The molecule has 1 atom stereocenters. The van der Waals surface area contributed by atoms with Gasteiger partial charge >= 0.3 is 0 Å². The molecule has 3 rings (SSSR count). The Morgan fingerprint density at radius 2 is 2.00 bits per heavy atom. The highest BCUT2D eigenvalue weighted by molar-refractivity contribution is 6.33. The molecule has 27 heavy (non-hydrogen) atoms. The normalized spacial score (nSPS) is 16.3. The molecule has 1 aliphatic rings. The molecular weight excluding hydrogens is 394 g/mol. The van der Waals surface area contributed by atoms with Crippen LogP contribution in [0.4, 0.5) is 10.1 Å². The van der Waals surface area contributed by atoms with E-state index in [1.165, 1.54) is 30.2 Å². The van der Waals surface area contributed by atoms with Gasteiger partial charge in [-0.2, -0.15) is 0 Å². The fourth-order valence-electron chi connectivity index (χ4n) is 3.09. The second-order valence-corrected chi connectivity index (χ2v) is 6.96. The van der Waals surface area contributed by atoms with Crippen LogP contribution < -0.4 is 10.1 Å². The number of nitrogens with zero attached hydrogens (tertiary/aromatic N) is 1. The van der Waals surface area contributed by atoms with Crippen molar-refractivity contribution in [3.63, 3.8) is 0 Å². The molecule has 2 aromatic carbocycles. The number of halogens is 3. The van der Waals surface area contributed by atoms with Crippen LogP contribution in [0.2, 0.25) is 10.0 Å². The first-order valence-corrected chi connectivity index (χ1v) is 9.06. The Morgan fingerprint density at radius 3 is 2.70 bits per heavy atom. The van der Waals surface area contributed by atoms with E-state index in [4.69, 9.17) is 27.9 Å². The lowest BCUT2D eigenvalue weighted by Crippen LogP contribution is -2.43. The molecule has 1 aliphatic heterocycles. The van der Waals surface area contributed by atoms with Crippen LogP contribution in [0.25, 0.3) is 0 Å². The third-order valence-electron chi connectivity index (χ3n) is 4.40. The summed E-state index contributed by atoms with van der Waals surface area (Å²) >= 11 is 12.0. The van der Waals surface area contributed by atoms with E-state index in [2.05, 4.69) is 5.32 Å². The zero-order valence-corrected chi connectivity index (χ0v) is 16.0. The summed E-state index contributed by atoms with van der Waals surface area (Å²) in [7, 11) is 1.46. The minimum Gasteiger partial charge on any atom is -0.496 e. The Bertz CT molecular complexity index is 891. The summed E-state index contributed by atoms with van der Waals surface area (Å²) in [5, 5.41) is 3.16. The lowest BCUT2D eigenvalue weighted by molar-refractivity contribution is -0.119. The first kappa shape index (κ1) is 19.5. The van der Waals surface area contributed by atoms with Gasteiger partial charge in [0.2, 0.25) is 5.91 Å². The number of nitrogens with one attached hydrogen (secondary N) is 1. The smallest absolute Gasteiger partial charge is 0.258 e. The molecule has 0 unspecified atom stereocenters. The first-order valence-electron chi connectivity index (χ1n) is 8.31. The van der Waals surface area contributed by atoms with Crippen LogP contribution in [0.15, 0.2) is 36.4 Å². The molecule has 142 valence electrons. The van der Waals surface area contributed by atoms with Gasteiger partial charge in [0.05, 0.1) is 23.4 Å². The van der Waals surface area contributed by atoms with Gasteiger partial charge in [0, 0.05) is 11.6 Å². The first-order chi connectivity index (χ1) is 12.9. The van der Waals surface area contributed by atoms with Gasteiger partial charge in [-0.3, -0.25) is 9.59 Å². The van der Waals surface area contributed by atoms with Crippen LogP contribution in [0.1, 0.15) is 23.2 Å². The predicted octanol–water partition coefficient (Wildman–Crippen LogP) is 4.38. The molecular formula is C19H17Cl2FN2O3. The molecule has 5 nitrogen and oxygen atoms in total. The van der Waals surface area contributed by atoms with Crippen LogP contribution in [-0.2, 0) is 4.79 Å². The number of methoxy groups -OCH3 is 1. The highest BCUT2D eigenvalue weighted by atomic mass is 35.5. The predicted molar refractivity (Wildman–Crippen MR) is 102 cm³/mol. The van der Waals surface area contributed by atoms with E-state index in [-0.39, 0.29) is 16.8 Å². The maximum absolute atomic E-state index is 13.2. The molecule has 0 spiro atoms. The Hall–Kier alpha value is -2.31. The molecule has 1 fully saturated rings. The van der Waals surface area contributed by atoms with E-state index >= 15 is 0 Å². The average molecular weight is 411 g/mol. The third-order valence-corrected chi connectivity index (χ3v) is 4.95. The van der Waals surface area contributed by atoms with Crippen molar-refractivity contribution in [2.24, 2.45) is 0 Å². The second-order valence-electron chi connectivity index (χ2n) is 6.11. The molecule has 1 heterocycles. The Morgan fingerprint density at radius 1 is 1.22 bits per heavy atom. The highest BCUT2D eigenvalue weighted by Crippen LogP contribution is 2.29. The number of hydrogen-bond acceptors (Lipinski definition) is 3. The fraction of sp³-hybridized carbons (Fsp3) is 0.263. The van der Waals surface area contributed by atoms with Gasteiger partial charge in [-0.1, -0.05) is 23.2 Å². The number of amides is 2. The number of likely N-dealkylation sites (tertiary alicyclic amines) is 1. The topological polar surface area (TPSA) is 58.6 Å². The van der Waals surface area contributed by atoms with Crippen molar-refractivity contribution in [1.82, 2.24) is 4.90 Å². The van der Waals surface area contributed by atoms with E-state index in [1.54, 1.807) is 12.1 Å². The lowest BCUT2D eigenvalue weighted by atomic mass is 10.1. The highest BCUT2D eigenvalue weighted by Gasteiger charge is 2.35. The SMILES string of the molecule is COc1ccc(Cl)cc1C(=O)N1CCC[C@H]1C(=O)Nc1ccc(F)cc1Cl. The maximum Gasteiger partial charge on any atom is 0.258 e. The number of rotatable bonds is 4. The number of carbonyl (C=O) groups excluding carboxylic acids is 2. The van der Waals surface area contributed by atoms with Gasteiger partial charge in [0.15, 0.2) is 0 Å². The summed E-state index contributed by atoms with van der Waals surface area (Å²) in [5.41, 5.74) is 0.590. The summed E-state index contributed by atoms with van der Waals surface area (Å²) in [4.78, 5) is 27.2. The van der Waals surface area contributed by atoms with E-state index in [0.717, 1.165) is 6.07 Å². The number of benzene rings is 2. The van der Waals surface area contributed by atoms with Crippen molar-refractivity contribution < 1.29 is 18.7 Å². The quantitative estimate of drug-likeness (QED) is 0.812. The maximum atomic E-state index is 13.2.